The number of hydrogen-bond donors (Lipinski definition) is 1. The SMILES string of the molecule is C=C(Br)CNc1ccc([N+](=O)[O-])cc1[N+](=O)[O-]. The summed E-state index contributed by atoms with van der Waals surface area (Å²) in [5, 5.41) is 24.0. The van der Waals surface area contributed by atoms with Crippen LogP contribution >= 0.6 is 15.9 Å². The van der Waals surface area contributed by atoms with E-state index in [1.165, 1.54) is 12.1 Å². The van der Waals surface area contributed by atoms with Crippen LogP contribution in [0.5, 0.6) is 0 Å². The highest BCUT2D eigenvalue weighted by Gasteiger charge is 2.18. The molecule has 0 aliphatic heterocycles. The molecule has 7 nitrogen and oxygen atoms in total. The normalized spacial score (nSPS) is 9.71. The molecule has 0 bridgehead atoms. The minimum absolute atomic E-state index is 0.209. The maximum absolute atomic E-state index is 10.8. The zero-order valence-corrected chi connectivity index (χ0v) is 10.1. The van der Waals surface area contributed by atoms with Gasteiger partial charge in [0, 0.05) is 17.1 Å². The van der Waals surface area contributed by atoms with Gasteiger partial charge in [0.25, 0.3) is 11.4 Å². The molecule has 0 saturated heterocycles. The number of hydrogen-bond acceptors (Lipinski definition) is 5. The van der Waals surface area contributed by atoms with E-state index in [1.54, 1.807) is 0 Å². The fraction of sp³-hybridized carbons (Fsp3) is 0.111. The number of nitrogens with zero attached hydrogens (tertiary/aromatic N) is 2. The summed E-state index contributed by atoms with van der Waals surface area (Å²) >= 11 is 3.10. The first kappa shape index (κ1) is 13.1. The number of rotatable bonds is 5. The van der Waals surface area contributed by atoms with E-state index in [0.717, 1.165) is 6.07 Å². The van der Waals surface area contributed by atoms with Crippen molar-refractivity contribution in [2.24, 2.45) is 0 Å². The van der Waals surface area contributed by atoms with Gasteiger partial charge in [-0.3, -0.25) is 20.2 Å². The van der Waals surface area contributed by atoms with Gasteiger partial charge in [-0.05, 0) is 6.07 Å². The van der Waals surface area contributed by atoms with Crippen LogP contribution in [0.15, 0.2) is 29.3 Å². The molecule has 1 aromatic carbocycles. The molecule has 0 unspecified atom stereocenters. The van der Waals surface area contributed by atoms with Crippen LogP contribution in [0.2, 0.25) is 0 Å². The molecule has 0 spiro atoms. The molecule has 0 heterocycles. The number of benzene rings is 1. The van der Waals surface area contributed by atoms with E-state index < -0.39 is 9.85 Å². The number of nitro groups is 2. The molecule has 8 heteroatoms. The zero-order chi connectivity index (χ0) is 13.0. The number of anilines is 1. The molecule has 0 aliphatic carbocycles. The quantitative estimate of drug-likeness (QED) is 0.666. The predicted molar refractivity (Wildman–Crippen MR) is 66.3 cm³/mol. The number of non-ortho nitro benzene ring substituents is 1. The fourth-order valence-corrected chi connectivity index (χ4v) is 1.27. The third kappa shape index (κ3) is 3.52. The van der Waals surface area contributed by atoms with E-state index >= 15 is 0 Å². The van der Waals surface area contributed by atoms with Gasteiger partial charge in [0.15, 0.2) is 0 Å². The summed E-state index contributed by atoms with van der Waals surface area (Å²) < 4.78 is 0.616. The van der Waals surface area contributed by atoms with Crippen molar-refractivity contribution in [3.8, 4) is 0 Å². The highest BCUT2D eigenvalue weighted by atomic mass is 79.9. The third-order valence-corrected chi connectivity index (χ3v) is 2.14. The van der Waals surface area contributed by atoms with Gasteiger partial charge in [-0.25, -0.2) is 0 Å². The Bertz CT molecular complexity index is 489. The Morgan fingerprint density at radius 1 is 1.35 bits per heavy atom. The van der Waals surface area contributed by atoms with Gasteiger partial charge in [-0.15, -0.1) is 0 Å². The Morgan fingerprint density at radius 2 is 2.00 bits per heavy atom. The molecule has 1 rings (SSSR count). The minimum atomic E-state index is -0.680. The summed E-state index contributed by atoms with van der Waals surface area (Å²) in [4.78, 5) is 19.9. The molecular weight excluding hydrogens is 294 g/mol. The van der Waals surface area contributed by atoms with Crippen LogP contribution in [0, 0.1) is 20.2 Å². The molecule has 0 saturated carbocycles. The Labute approximate surface area is 105 Å². The van der Waals surface area contributed by atoms with Crippen LogP contribution in [-0.4, -0.2) is 16.4 Å². The molecule has 0 fully saturated rings. The fourth-order valence-electron chi connectivity index (χ4n) is 1.13. The standard InChI is InChI=1S/C9H8BrN3O4/c1-6(10)5-11-8-3-2-7(12(14)15)4-9(8)13(16)17/h2-4,11H,1,5H2. The van der Waals surface area contributed by atoms with Crippen LogP contribution in [-0.2, 0) is 0 Å². The topological polar surface area (TPSA) is 98.3 Å². The third-order valence-electron chi connectivity index (χ3n) is 1.86. The largest absolute Gasteiger partial charge is 0.375 e. The van der Waals surface area contributed by atoms with E-state index in [0.29, 0.717) is 11.0 Å². The maximum Gasteiger partial charge on any atom is 0.299 e. The highest BCUT2D eigenvalue weighted by molar-refractivity contribution is 9.11. The summed E-state index contributed by atoms with van der Waals surface area (Å²) in [5.41, 5.74) is -0.450. The van der Waals surface area contributed by atoms with E-state index in [2.05, 4.69) is 27.8 Å². The van der Waals surface area contributed by atoms with Gasteiger partial charge < -0.3 is 5.32 Å². The molecule has 90 valence electrons. The van der Waals surface area contributed by atoms with E-state index in [9.17, 15) is 20.2 Å². The van der Waals surface area contributed by atoms with Crippen LogP contribution in [0.3, 0.4) is 0 Å². The van der Waals surface area contributed by atoms with Crippen LogP contribution in [0.1, 0.15) is 0 Å². The molecule has 0 atom stereocenters. The van der Waals surface area contributed by atoms with E-state index in [4.69, 9.17) is 0 Å². The van der Waals surface area contributed by atoms with Crippen molar-refractivity contribution in [2.45, 2.75) is 0 Å². The van der Waals surface area contributed by atoms with Gasteiger partial charge in [-0.2, -0.15) is 0 Å². The molecule has 0 radical (unpaired) electrons. The smallest absolute Gasteiger partial charge is 0.299 e. The molecule has 1 aromatic rings. The summed E-state index contributed by atoms with van der Waals surface area (Å²) in [6, 6.07) is 3.41. The second-order valence-corrected chi connectivity index (χ2v) is 4.21. The molecule has 17 heavy (non-hydrogen) atoms. The average Bonchev–Trinajstić information content (AvgIpc) is 2.25. The van der Waals surface area contributed by atoms with Gasteiger partial charge in [0.05, 0.1) is 15.9 Å². The van der Waals surface area contributed by atoms with Crippen molar-refractivity contribution in [3.05, 3.63) is 49.5 Å². The van der Waals surface area contributed by atoms with Crippen molar-refractivity contribution >= 4 is 33.0 Å². The lowest BCUT2D eigenvalue weighted by molar-refractivity contribution is -0.393. The van der Waals surface area contributed by atoms with Crippen LogP contribution in [0.4, 0.5) is 17.1 Å². The summed E-state index contributed by atoms with van der Waals surface area (Å²) in [6.07, 6.45) is 0. The lowest BCUT2D eigenvalue weighted by atomic mass is 10.2. The number of nitrogens with one attached hydrogen (secondary N) is 1. The van der Waals surface area contributed by atoms with Gasteiger partial charge >= 0.3 is 0 Å². The highest BCUT2D eigenvalue weighted by Crippen LogP contribution is 2.29. The summed E-state index contributed by atoms with van der Waals surface area (Å²) in [6.45, 7) is 3.86. The monoisotopic (exact) mass is 301 g/mol. The first-order chi connectivity index (χ1) is 7.91. The van der Waals surface area contributed by atoms with Gasteiger partial charge in [-0.1, -0.05) is 22.5 Å². The molecule has 1 N–H and O–H groups in total. The molecule has 0 amide bonds. The molecule has 0 aliphatic rings. The Balaban J connectivity index is 3.08. The van der Waals surface area contributed by atoms with Gasteiger partial charge in [0.2, 0.25) is 0 Å². The van der Waals surface area contributed by atoms with Crippen molar-refractivity contribution in [3.63, 3.8) is 0 Å². The van der Waals surface area contributed by atoms with Crippen LogP contribution in [0.25, 0.3) is 0 Å². The Morgan fingerprint density at radius 3 is 2.47 bits per heavy atom. The average molecular weight is 302 g/mol. The van der Waals surface area contributed by atoms with Crippen LogP contribution < -0.4 is 5.32 Å². The van der Waals surface area contributed by atoms with Crippen molar-refractivity contribution < 1.29 is 9.85 Å². The van der Waals surface area contributed by atoms with Crippen molar-refractivity contribution in [1.29, 1.82) is 0 Å². The minimum Gasteiger partial charge on any atom is -0.375 e. The first-order valence-electron chi connectivity index (χ1n) is 4.42. The second kappa shape index (κ2) is 5.39. The van der Waals surface area contributed by atoms with Crippen molar-refractivity contribution in [1.82, 2.24) is 0 Å². The zero-order valence-electron chi connectivity index (χ0n) is 8.55. The molecular formula is C9H8BrN3O4. The van der Waals surface area contributed by atoms with E-state index in [-0.39, 0.29) is 17.1 Å². The Hall–Kier alpha value is -1.96. The summed E-state index contributed by atoms with van der Waals surface area (Å²) in [5.74, 6) is 0. The van der Waals surface area contributed by atoms with E-state index in [1.807, 2.05) is 0 Å². The Kier molecular flexibility index (Phi) is 4.16. The maximum atomic E-state index is 10.8. The summed E-state index contributed by atoms with van der Waals surface area (Å²) in [7, 11) is 0. The second-order valence-electron chi connectivity index (χ2n) is 3.09. The molecule has 0 aromatic heterocycles. The number of halogens is 1. The predicted octanol–water partition coefficient (Wildman–Crippen LogP) is 2.82. The lowest BCUT2D eigenvalue weighted by Crippen LogP contribution is -2.04. The van der Waals surface area contributed by atoms with Gasteiger partial charge in [0.1, 0.15) is 5.69 Å². The number of nitro benzene ring substituents is 2. The first-order valence-corrected chi connectivity index (χ1v) is 5.21. The van der Waals surface area contributed by atoms with Crippen molar-refractivity contribution in [2.75, 3.05) is 11.9 Å². The lowest BCUT2D eigenvalue weighted by Gasteiger charge is -2.05.